The number of imide groups is 1. The summed E-state index contributed by atoms with van der Waals surface area (Å²) in [7, 11) is 0. The van der Waals surface area contributed by atoms with Crippen molar-refractivity contribution in [3.63, 3.8) is 0 Å². The van der Waals surface area contributed by atoms with Gasteiger partial charge < -0.3 is 10.2 Å². The molecule has 1 aromatic carbocycles. The number of unbranched alkanes of at least 4 members (excludes halogenated alkanes) is 2. The molecular formula is C30H31NO7. The maximum atomic E-state index is 13.6. The number of hydrogen-bond donors (Lipinski definition) is 2. The van der Waals surface area contributed by atoms with E-state index in [1.165, 1.54) is 11.0 Å². The van der Waals surface area contributed by atoms with Crippen LogP contribution in [0.4, 0.5) is 0 Å². The van der Waals surface area contributed by atoms with Gasteiger partial charge in [0.05, 0.1) is 11.8 Å². The Balaban J connectivity index is 1.50. The minimum Gasteiger partial charge on any atom is -0.508 e. The molecule has 2 N–H and O–H groups in total. The zero-order valence-corrected chi connectivity index (χ0v) is 21.5. The number of Topliss-reactive ketones (excluding diaryl/α,β-unsaturated/α-hetero) is 1. The van der Waals surface area contributed by atoms with Gasteiger partial charge in [0.2, 0.25) is 11.8 Å². The molecule has 0 radical (unpaired) electrons. The van der Waals surface area contributed by atoms with Gasteiger partial charge in [-0.2, -0.15) is 0 Å². The molecule has 5 rings (SSSR count). The lowest BCUT2D eigenvalue weighted by Crippen LogP contribution is -2.39. The van der Waals surface area contributed by atoms with Gasteiger partial charge in [-0.1, -0.05) is 30.2 Å². The number of aliphatic carboxylic acids is 1. The molecule has 0 bridgehead atoms. The SMILES string of the molecule is CC1=CC(=O)C2=C(C1=O)[C@@H](c1ccc(O)c(C)c1)C1=CC[C@@H]3C(=O)N(CCCCCC(=O)O)C(=O)[C@@H]3[C@@H]1C2. The van der Waals surface area contributed by atoms with Gasteiger partial charge in [0.15, 0.2) is 11.6 Å². The number of rotatable bonds is 7. The molecule has 0 unspecified atom stereocenters. The Labute approximate surface area is 220 Å². The number of nitrogens with zero attached hydrogens (tertiary/aromatic N) is 1. The third kappa shape index (κ3) is 4.22. The molecule has 8 heteroatoms. The van der Waals surface area contributed by atoms with Crippen molar-refractivity contribution in [2.24, 2.45) is 17.8 Å². The van der Waals surface area contributed by atoms with E-state index in [2.05, 4.69) is 0 Å². The number of carboxylic acids is 1. The van der Waals surface area contributed by atoms with Gasteiger partial charge in [0, 0.05) is 35.6 Å². The third-order valence-electron chi connectivity index (χ3n) is 8.48. The molecule has 4 aliphatic rings. The van der Waals surface area contributed by atoms with Crippen molar-refractivity contribution >= 4 is 29.4 Å². The first-order chi connectivity index (χ1) is 18.1. The van der Waals surface area contributed by atoms with E-state index in [1.807, 2.05) is 12.1 Å². The van der Waals surface area contributed by atoms with Crippen LogP contribution in [0.1, 0.15) is 62.5 Å². The van der Waals surface area contributed by atoms with Gasteiger partial charge in [-0.05, 0) is 68.7 Å². The molecule has 1 aliphatic heterocycles. The smallest absolute Gasteiger partial charge is 0.303 e. The van der Waals surface area contributed by atoms with E-state index in [0.717, 1.165) is 11.1 Å². The number of phenolic OH excluding ortho intramolecular Hbond substituents is 1. The van der Waals surface area contributed by atoms with Crippen LogP contribution in [0.15, 0.2) is 52.6 Å². The van der Waals surface area contributed by atoms with Crippen LogP contribution in [0.2, 0.25) is 0 Å². The predicted octanol–water partition coefficient (Wildman–Crippen LogP) is 3.78. The molecule has 0 spiro atoms. The zero-order valence-electron chi connectivity index (χ0n) is 21.5. The number of ketones is 2. The maximum absolute atomic E-state index is 13.6. The number of benzene rings is 1. The first kappa shape index (κ1) is 25.8. The average Bonchev–Trinajstić information content (AvgIpc) is 3.12. The summed E-state index contributed by atoms with van der Waals surface area (Å²) in [6.07, 6.45) is 5.64. The summed E-state index contributed by atoms with van der Waals surface area (Å²) in [5.74, 6) is -3.65. The van der Waals surface area contributed by atoms with Crippen molar-refractivity contribution in [2.75, 3.05) is 6.54 Å². The standard InChI is InChI=1S/C30H31NO7/c1-15-12-17(7-10-22(15)32)25-18-8-9-19-26(20(18)14-21-23(33)13-16(2)28(36)27(21)25)30(38)31(29(19)37)11-5-3-4-6-24(34)35/h7-8,10,12-13,19-20,25-26,32H,3-6,9,11,14H2,1-2H3,(H,34,35)/t19-,20+,25-,26-/m0/s1. The van der Waals surface area contributed by atoms with Crippen molar-refractivity contribution in [3.05, 3.63) is 63.8 Å². The minimum absolute atomic E-state index is 0.0543. The Hall–Kier alpha value is -3.81. The monoisotopic (exact) mass is 517 g/mol. The lowest BCUT2D eigenvalue weighted by molar-refractivity contribution is -0.141. The van der Waals surface area contributed by atoms with Crippen molar-refractivity contribution < 1.29 is 34.2 Å². The van der Waals surface area contributed by atoms with Crippen molar-refractivity contribution in [1.82, 2.24) is 4.90 Å². The van der Waals surface area contributed by atoms with Crippen LogP contribution in [0.25, 0.3) is 0 Å². The van der Waals surface area contributed by atoms with Crippen molar-refractivity contribution in [1.29, 1.82) is 0 Å². The number of amides is 2. The fourth-order valence-corrected chi connectivity index (χ4v) is 6.61. The molecule has 0 saturated carbocycles. The molecule has 1 fully saturated rings. The Morgan fingerprint density at radius 2 is 1.79 bits per heavy atom. The second-order valence-corrected chi connectivity index (χ2v) is 10.8. The molecule has 4 atom stereocenters. The van der Waals surface area contributed by atoms with Crippen LogP contribution in [0.5, 0.6) is 5.75 Å². The summed E-state index contributed by atoms with van der Waals surface area (Å²) in [6.45, 7) is 3.65. The highest BCUT2D eigenvalue weighted by atomic mass is 16.4. The van der Waals surface area contributed by atoms with Crippen LogP contribution in [-0.2, 0) is 24.0 Å². The summed E-state index contributed by atoms with van der Waals surface area (Å²) >= 11 is 0. The van der Waals surface area contributed by atoms with E-state index in [1.54, 1.807) is 26.0 Å². The van der Waals surface area contributed by atoms with Crippen LogP contribution in [0, 0.1) is 24.7 Å². The van der Waals surface area contributed by atoms with Gasteiger partial charge >= 0.3 is 5.97 Å². The van der Waals surface area contributed by atoms with E-state index < -0.39 is 23.7 Å². The lowest BCUT2D eigenvalue weighted by atomic mass is 9.59. The molecule has 2 amide bonds. The van der Waals surface area contributed by atoms with E-state index in [0.29, 0.717) is 48.0 Å². The molecular weight excluding hydrogens is 486 g/mol. The molecule has 1 saturated heterocycles. The lowest BCUT2D eigenvalue weighted by Gasteiger charge is -2.42. The van der Waals surface area contributed by atoms with Crippen LogP contribution >= 0.6 is 0 Å². The van der Waals surface area contributed by atoms with Gasteiger partial charge in [0.1, 0.15) is 5.75 Å². The average molecular weight is 518 g/mol. The number of likely N-dealkylation sites (tertiary alicyclic amines) is 1. The van der Waals surface area contributed by atoms with Crippen molar-refractivity contribution in [3.8, 4) is 5.75 Å². The van der Waals surface area contributed by atoms with E-state index in [9.17, 15) is 29.1 Å². The second kappa shape index (κ2) is 9.82. The number of hydrogen-bond acceptors (Lipinski definition) is 6. The first-order valence-electron chi connectivity index (χ1n) is 13.2. The summed E-state index contributed by atoms with van der Waals surface area (Å²) in [4.78, 5) is 65.6. The van der Waals surface area contributed by atoms with Gasteiger partial charge in [-0.15, -0.1) is 0 Å². The number of allylic oxidation sites excluding steroid dienone is 6. The highest BCUT2D eigenvalue weighted by molar-refractivity contribution is 6.23. The number of aromatic hydroxyl groups is 1. The number of carboxylic acid groups (broad SMARTS) is 1. The second-order valence-electron chi connectivity index (χ2n) is 10.8. The minimum atomic E-state index is -0.868. The van der Waals surface area contributed by atoms with Gasteiger partial charge in [-0.25, -0.2) is 0 Å². The third-order valence-corrected chi connectivity index (χ3v) is 8.48. The fourth-order valence-electron chi connectivity index (χ4n) is 6.61. The molecule has 38 heavy (non-hydrogen) atoms. The number of carbonyl (C=O) groups excluding carboxylic acids is 4. The summed E-state index contributed by atoms with van der Waals surface area (Å²) in [5, 5.41) is 19.0. The number of carbonyl (C=O) groups is 5. The topological polar surface area (TPSA) is 129 Å². The first-order valence-corrected chi connectivity index (χ1v) is 13.2. The zero-order chi connectivity index (χ0) is 27.3. The highest BCUT2D eigenvalue weighted by Crippen LogP contribution is 2.55. The Bertz CT molecular complexity index is 1360. The molecule has 8 nitrogen and oxygen atoms in total. The van der Waals surface area contributed by atoms with Crippen LogP contribution in [-0.4, -0.2) is 51.0 Å². The van der Waals surface area contributed by atoms with Gasteiger partial charge in [-0.3, -0.25) is 28.9 Å². The van der Waals surface area contributed by atoms with E-state index >= 15 is 0 Å². The summed E-state index contributed by atoms with van der Waals surface area (Å²) in [6, 6.07) is 5.15. The van der Waals surface area contributed by atoms with E-state index in [4.69, 9.17) is 5.11 Å². The molecule has 1 heterocycles. The summed E-state index contributed by atoms with van der Waals surface area (Å²) in [5.41, 5.74) is 3.52. The molecule has 1 aromatic rings. The molecule has 3 aliphatic carbocycles. The van der Waals surface area contributed by atoms with Gasteiger partial charge in [0.25, 0.3) is 0 Å². The molecule has 198 valence electrons. The Kier molecular flexibility index (Phi) is 6.67. The normalized spacial score (nSPS) is 26.6. The number of phenols is 1. The number of aryl methyl sites for hydroxylation is 1. The fraction of sp³-hybridized carbons (Fsp3) is 0.433. The highest BCUT2D eigenvalue weighted by Gasteiger charge is 2.56. The quantitative estimate of drug-likeness (QED) is 0.244. The van der Waals surface area contributed by atoms with Crippen LogP contribution in [0.3, 0.4) is 0 Å². The maximum Gasteiger partial charge on any atom is 0.303 e. The predicted molar refractivity (Wildman–Crippen MR) is 137 cm³/mol. The number of fused-ring (bicyclic) bond motifs is 3. The molecule has 0 aromatic heterocycles. The largest absolute Gasteiger partial charge is 0.508 e. The van der Waals surface area contributed by atoms with Crippen LogP contribution < -0.4 is 0 Å². The Morgan fingerprint density at radius 1 is 1.03 bits per heavy atom. The van der Waals surface area contributed by atoms with Crippen molar-refractivity contribution in [2.45, 2.75) is 58.3 Å². The summed E-state index contributed by atoms with van der Waals surface area (Å²) < 4.78 is 0. The van der Waals surface area contributed by atoms with E-state index in [-0.39, 0.29) is 54.4 Å². The Morgan fingerprint density at radius 3 is 2.50 bits per heavy atom.